The van der Waals surface area contributed by atoms with Crippen LogP contribution in [0.15, 0.2) is 0 Å². The van der Waals surface area contributed by atoms with Gasteiger partial charge in [0.05, 0.1) is 0 Å². The van der Waals surface area contributed by atoms with Gasteiger partial charge in [-0.3, -0.25) is 0 Å². The number of hydrogen-bond donors (Lipinski definition) is 2. The molecule has 0 aliphatic heterocycles. The third kappa shape index (κ3) is 4.35. The van der Waals surface area contributed by atoms with Crippen LogP contribution in [0.4, 0.5) is 4.79 Å². The lowest BCUT2D eigenvalue weighted by molar-refractivity contribution is 0.195. The van der Waals surface area contributed by atoms with Crippen molar-refractivity contribution in [3.8, 4) is 0 Å². The number of carbonyl (C=O) groups excluding carboxylic acids is 1. The number of amides is 1. The summed E-state index contributed by atoms with van der Waals surface area (Å²) < 4.78 is 8.19. The second kappa shape index (κ2) is 3.12. The van der Waals surface area contributed by atoms with E-state index in [-0.39, 0.29) is 0 Å². The van der Waals surface area contributed by atoms with E-state index >= 15 is 0 Å². The molecule has 0 saturated carbocycles. The fraction of sp³-hybridized carbons (Fsp3) is 0.500. The Labute approximate surface area is 57.0 Å². The van der Waals surface area contributed by atoms with E-state index in [1.807, 2.05) is 0 Å². The van der Waals surface area contributed by atoms with Gasteiger partial charge in [0.1, 0.15) is 0 Å². The van der Waals surface area contributed by atoms with Gasteiger partial charge in [0.25, 0.3) is 0 Å². The van der Waals surface area contributed by atoms with Gasteiger partial charge in [0, 0.05) is 18.9 Å². The summed E-state index contributed by atoms with van der Waals surface area (Å²) in [7, 11) is 1.13. The molecule has 0 aromatic heterocycles. The molecule has 0 saturated heterocycles. The van der Waals surface area contributed by atoms with Crippen LogP contribution in [0.3, 0.4) is 0 Å². The Morgan fingerprint density at radius 3 is 2.44 bits per heavy atom. The predicted molar refractivity (Wildman–Crippen MR) is 34.2 cm³/mol. The third-order valence-electron chi connectivity index (χ3n) is 0.436. The van der Waals surface area contributed by atoms with Crippen molar-refractivity contribution in [1.29, 1.82) is 0 Å². The second-order valence-corrected chi connectivity index (χ2v) is 3.93. The summed E-state index contributed by atoms with van der Waals surface area (Å²) in [5.74, 6) is 0. The van der Waals surface area contributed by atoms with Crippen LogP contribution in [-0.4, -0.2) is 18.1 Å². The molecular formula is C2H6NO4PS. The molecule has 1 unspecified atom stereocenters. The van der Waals surface area contributed by atoms with Gasteiger partial charge in [-0.15, -0.1) is 0 Å². The maximum absolute atomic E-state index is 9.89. The minimum atomic E-state index is -3.37. The molecule has 5 nitrogen and oxygen atoms in total. The highest BCUT2D eigenvalue weighted by atomic mass is 32.5. The lowest BCUT2D eigenvalue weighted by atomic mass is 11.3. The van der Waals surface area contributed by atoms with Crippen LogP contribution < -0.4 is 5.73 Å². The molecular weight excluding hydrogens is 165 g/mol. The van der Waals surface area contributed by atoms with Crippen molar-refractivity contribution in [2.24, 2.45) is 5.73 Å². The molecule has 0 spiro atoms. The van der Waals surface area contributed by atoms with Gasteiger partial charge in [-0.1, -0.05) is 0 Å². The molecule has 0 rings (SSSR count). The van der Waals surface area contributed by atoms with Gasteiger partial charge in [-0.05, 0) is 0 Å². The summed E-state index contributed by atoms with van der Waals surface area (Å²) in [6.45, 7) is -3.37. The van der Waals surface area contributed by atoms with E-state index in [9.17, 15) is 4.79 Å². The molecule has 1 amide bonds. The normalized spacial score (nSPS) is 16.2. The first kappa shape index (κ1) is 8.84. The van der Waals surface area contributed by atoms with Crippen LogP contribution in [0.5, 0.6) is 0 Å². The zero-order valence-corrected chi connectivity index (χ0v) is 6.32. The van der Waals surface area contributed by atoms with Gasteiger partial charge < -0.3 is 19.7 Å². The topological polar surface area (TPSA) is 81.8 Å². The SMILES string of the molecule is COP(O)(=S)OC(N)=O. The van der Waals surface area contributed by atoms with Crippen molar-refractivity contribution >= 4 is 24.6 Å². The number of primary amides is 1. The van der Waals surface area contributed by atoms with E-state index in [4.69, 9.17) is 4.89 Å². The monoisotopic (exact) mass is 171 g/mol. The smallest absolute Gasteiger partial charge is 0.375 e. The van der Waals surface area contributed by atoms with Gasteiger partial charge in [-0.25, -0.2) is 4.79 Å². The summed E-state index contributed by atoms with van der Waals surface area (Å²) in [6, 6.07) is 0. The Balaban J connectivity index is 3.88. The number of nitrogens with two attached hydrogens (primary N) is 1. The minimum absolute atomic E-state index is 1.13. The Bertz CT molecular complexity index is 159. The molecule has 1 atom stereocenters. The van der Waals surface area contributed by atoms with Crippen molar-refractivity contribution in [2.75, 3.05) is 7.11 Å². The standard InChI is InChI=1S/C2H6NO4PS/c1-6-8(5,9)7-2(3)4/h1H3,(H2,3,4)(H,5,9). The molecule has 3 N–H and O–H groups in total. The Morgan fingerprint density at radius 2 is 2.33 bits per heavy atom. The quantitative estimate of drug-likeness (QED) is 0.569. The van der Waals surface area contributed by atoms with Crippen LogP contribution >= 0.6 is 6.72 Å². The highest BCUT2D eigenvalue weighted by Crippen LogP contribution is 2.41. The first-order chi connectivity index (χ1) is 3.98. The Kier molecular flexibility index (Phi) is 3.07. The molecule has 0 bridgehead atoms. The van der Waals surface area contributed by atoms with Crippen LogP contribution in [-0.2, 0) is 20.9 Å². The maximum atomic E-state index is 9.89. The first-order valence-electron chi connectivity index (χ1n) is 1.85. The minimum Gasteiger partial charge on any atom is -0.375 e. The highest BCUT2D eigenvalue weighted by Gasteiger charge is 2.15. The summed E-state index contributed by atoms with van der Waals surface area (Å²) in [6.07, 6.45) is -1.14. The number of hydrogen-bond acceptors (Lipinski definition) is 4. The molecule has 0 aliphatic carbocycles. The molecule has 9 heavy (non-hydrogen) atoms. The summed E-state index contributed by atoms with van der Waals surface area (Å²) in [5, 5.41) is 0. The van der Waals surface area contributed by atoms with E-state index in [0.717, 1.165) is 7.11 Å². The van der Waals surface area contributed by atoms with Gasteiger partial charge in [0.15, 0.2) is 0 Å². The van der Waals surface area contributed by atoms with Crippen molar-refractivity contribution in [3.63, 3.8) is 0 Å². The maximum Gasteiger partial charge on any atom is 0.411 e. The zero-order chi connectivity index (χ0) is 7.49. The zero-order valence-electron chi connectivity index (χ0n) is 4.60. The van der Waals surface area contributed by atoms with Crippen LogP contribution in [0, 0.1) is 0 Å². The van der Waals surface area contributed by atoms with E-state index in [1.54, 1.807) is 0 Å². The van der Waals surface area contributed by atoms with Gasteiger partial charge in [-0.2, -0.15) is 0 Å². The molecule has 0 aromatic carbocycles. The van der Waals surface area contributed by atoms with Gasteiger partial charge in [0.2, 0.25) is 0 Å². The number of rotatable bonds is 2. The lowest BCUT2D eigenvalue weighted by Gasteiger charge is -2.08. The predicted octanol–water partition coefficient (Wildman–Crippen LogP) is -0.0551. The molecule has 0 aromatic rings. The van der Waals surface area contributed by atoms with Crippen LogP contribution in [0.25, 0.3) is 0 Å². The van der Waals surface area contributed by atoms with E-state index in [0.29, 0.717) is 0 Å². The van der Waals surface area contributed by atoms with Crippen molar-refractivity contribution < 1.29 is 18.7 Å². The summed E-state index contributed by atoms with van der Waals surface area (Å²) >= 11 is 4.24. The first-order valence-corrected chi connectivity index (χ1v) is 4.44. The van der Waals surface area contributed by atoms with E-state index in [1.165, 1.54) is 0 Å². The Hall–Kier alpha value is -0.160. The largest absolute Gasteiger partial charge is 0.411 e. The molecule has 0 radical (unpaired) electrons. The molecule has 0 fully saturated rings. The molecule has 54 valence electrons. The second-order valence-electron chi connectivity index (χ2n) is 1.06. The van der Waals surface area contributed by atoms with Crippen molar-refractivity contribution in [2.45, 2.75) is 0 Å². The average molecular weight is 171 g/mol. The third-order valence-corrected chi connectivity index (χ3v) is 1.98. The van der Waals surface area contributed by atoms with Crippen LogP contribution in [0.2, 0.25) is 0 Å². The fourth-order valence-corrected chi connectivity index (χ4v) is 0.673. The van der Waals surface area contributed by atoms with E-state index in [2.05, 4.69) is 26.6 Å². The van der Waals surface area contributed by atoms with Crippen molar-refractivity contribution in [1.82, 2.24) is 0 Å². The number of carbonyl (C=O) groups is 1. The van der Waals surface area contributed by atoms with Crippen molar-refractivity contribution in [3.05, 3.63) is 0 Å². The Morgan fingerprint density at radius 1 is 1.89 bits per heavy atom. The lowest BCUT2D eigenvalue weighted by Crippen LogP contribution is -2.11. The molecule has 0 aliphatic rings. The average Bonchev–Trinajstić information content (AvgIpc) is 1.63. The molecule has 0 heterocycles. The van der Waals surface area contributed by atoms with E-state index < -0.39 is 12.8 Å². The summed E-state index contributed by atoms with van der Waals surface area (Å²) in [5.41, 5.74) is 4.51. The molecule has 7 heteroatoms. The fourth-order valence-electron chi connectivity index (χ4n) is 0.151. The van der Waals surface area contributed by atoms with Gasteiger partial charge >= 0.3 is 12.8 Å². The van der Waals surface area contributed by atoms with Crippen LogP contribution in [0.1, 0.15) is 0 Å². The highest BCUT2D eigenvalue weighted by molar-refractivity contribution is 8.07. The summed E-state index contributed by atoms with van der Waals surface area (Å²) in [4.78, 5) is 18.6.